The van der Waals surface area contributed by atoms with Crippen LogP contribution in [0.25, 0.3) is 0 Å². The third-order valence-electron chi connectivity index (χ3n) is 6.04. The Labute approximate surface area is 132 Å². The summed E-state index contributed by atoms with van der Waals surface area (Å²) < 4.78 is 0. The molecule has 1 saturated heterocycles. The zero-order valence-electron chi connectivity index (χ0n) is 12.3. The molecule has 6 rings (SSSR count). The number of carbonyl (C=O) groups excluding carboxylic acids is 2. The van der Waals surface area contributed by atoms with E-state index in [1.807, 2.05) is 0 Å². The van der Waals surface area contributed by atoms with Gasteiger partial charge in [0.15, 0.2) is 0 Å². The van der Waals surface area contributed by atoms with Gasteiger partial charge < -0.3 is 5.11 Å². The zero-order chi connectivity index (χ0) is 15.9. The van der Waals surface area contributed by atoms with Crippen molar-refractivity contribution in [2.45, 2.75) is 6.42 Å². The van der Waals surface area contributed by atoms with Gasteiger partial charge in [0, 0.05) is 0 Å². The topological polar surface area (TPSA) is 74.7 Å². The number of rotatable bonds is 2. The Morgan fingerprint density at radius 2 is 1.48 bits per heavy atom. The summed E-state index contributed by atoms with van der Waals surface area (Å²) in [4.78, 5) is 38.0. The quantitative estimate of drug-likeness (QED) is 0.669. The number of nitrogens with zero attached hydrogens (tertiary/aromatic N) is 1. The first-order chi connectivity index (χ1) is 11.1. The number of aromatic carboxylic acids is 1. The van der Waals surface area contributed by atoms with Crippen LogP contribution in [0.3, 0.4) is 0 Å². The van der Waals surface area contributed by atoms with E-state index in [1.54, 1.807) is 12.1 Å². The smallest absolute Gasteiger partial charge is 0.335 e. The standard InChI is InChI=1S/C18H15NO4/c20-16-14-10-5-6-11(13-7-12(10)13)15(14)17(21)19(16)9-3-1-8(2-4-9)18(22)23/h1-6,10-15H,7H2,(H,22,23)/t10-,11-,12+,13+,14-,15+/m1/s1. The molecule has 1 heterocycles. The monoisotopic (exact) mass is 309 g/mol. The van der Waals surface area contributed by atoms with Crippen LogP contribution in [0.2, 0.25) is 0 Å². The van der Waals surface area contributed by atoms with E-state index in [0.717, 1.165) is 6.42 Å². The van der Waals surface area contributed by atoms with E-state index in [-0.39, 0.29) is 41.0 Å². The lowest BCUT2D eigenvalue weighted by Gasteiger charge is -2.37. The van der Waals surface area contributed by atoms with E-state index in [0.29, 0.717) is 17.5 Å². The number of allylic oxidation sites excluding steroid dienone is 2. The van der Waals surface area contributed by atoms with Gasteiger partial charge in [-0.05, 0) is 54.4 Å². The summed E-state index contributed by atoms with van der Waals surface area (Å²) in [6.07, 6.45) is 5.42. The largest absolute Gasteiger partial charge is 0.478 e. The van der Waals surface area contributed by atoms with Gasteiger partial charge in [0.1, 0.15) is 0 Å². The molecule has 2 saturated carbocycles. The Morgan fingerprint density at radius 3 is 1.96 bits per heavy atom. The average molecular weight is 309 g/mol. The molecular weight excluding hydrogens is 294 g/mol. The van der Waals surface area contributed by atoms with Crippen LogP contribution in [-0.2, 0) is 9.59 Å². The first-order valence-electron chi connectivity index (χ1n) is 7.97. The molecule has 1 aromatic rings. The van der Waals surface area contributed by atoms with E-state index >= 15 is 0 Å². The molecule has 0 aromatic heterocycles. The molecule has 4 aliphatic carbocycles. The van der Waals surface area contributed by atoms with Gasteiger partial charge in [-0.15, -0.1) is 0 Å². The fourth-order valence-corrected chi connectivity index (χ4v) is 4.96. The highest BCUT2D eigenvalue weighted by Crippen LogP contribution is 2.65. The van der Waals surface area contributed by atoms with Crippen molar-refractivity contribution in [2.24, 2.45) is 35.5 Å². The molecule has 0 unspecified atom stereocenters. The van der Waals surface area contributed by atoms with E-state index < -0.39 is 5.97 Å². The van der Waals surface area contributed by atoms with Crippen molar-refractivity contribution in [3.05, 3.63) is 42.0 Å². The lowest BCUT2D eigenvalue weighted by Crippen LogP contribution is -2.40. The minimum atomic E-state index is -1.02. The zero-order valence-corrected chi connectivity index (χ0v) is 12.3. The normalized spacial score (nSPS) is 39.4. The summed E-state index contributed by atoms with van der Waals surface area (Å²) >= 11 is 0. The number of imide groups is 1. The molecule has 1 N–H and O–H groups in total. The molecule has 3 fully saturated rings. The molecule has 0 spiro atoms. The van der Waals surface area contributed by atoms with Gasteiger partial charge in [0.2, 0.25) is 11.8 Å². The SMILES string of the molecule is O=C(O)c1ccc(N2C(=O)[C@@H]3[C@@H]4C=C[C@H]([C@@H]5C[C@@H]45)[C@@H]3C2=O)cc1. The summed E-state index contributed by atoms with van der Waals surface area (Å²) in [6.45, 7) is 0. The summed E-state index contributed by atoms with van der Waals surface area (Å²) in [5.74, 6) is -0.132. The number of carbonyl (C=O) groups is 3. The Morgan fingerprint density at radius 1 is 0.957 bits per heavy atom. The number of carboxylic acids is 1. The molecular formula is C18H15NO4. The third-order valence-corrected chi connectivity index (χ3v) is 6.04. The van der Waals surface area contributed by atoms with Gasteiger partial charge in [-0.3, -0.25) is 14.5 Å². The number of benzene rings is 1. The van der Waals surface area contributed by atoms with Gasteiger partial charge >= 0.3 is 5.97 Å². The van der Waals surface area contributed by atoms with E-state index in [2.05, 4.69) is 12.2 Å². The van der Waals surface area contributed by atoms with Crippen molar-refractivity contribution < 1.29 is 19.5 Å². The molecule has 0 radical (unpaired) electrons. The van der Waals surface area contributed by atoms with Crippen LogP contribution in [-0.4, -0.2) is 22.9 Å². The summed E-state index contributed by atoms with van der Waals surface area (Å²) in [7, 11) is 0. The highest BCUT2D eigenvalue weighted by atomic mass is 16.4. The molecule has 5 nitrogen and oxygen atoms in total. The minimum Gasteiger partial charge on any atom is -0.478 e. The number of anilines is 1. The molecule has 116 valence electrons. The fraction of sp³-hybridized carbons (Fsp3) is 0.389. The van der Waals surface area contributed by atoms with Crippen molar-refractivity contribution in [3.63, 3.8) is 0 Å². The first-order valence-corrected chi connectivity index (χ1v) is 7.97. The van der Waals surface area contributed by atoms with Crippen LogP contribution in [0.5, 0.6) is 0 Å². The molecule has 5 aliphatic rings. The predicted octanol–water partition coefficient (Wildman–Crippen LogP) is 1.94. The number of amides is 2. The molecule has 23 heavy (non-hydrogen) atoms. The Bertz CT molecular complexity index is 745. The van der Waals surface area contributed by atoms with Crippen LogP contribution in [0.15, 0.2) is 36.4 Å². The van der Waals surface area contributed by atoms with Gasteiger partial charge in [-0.1, -0.05) is 12.2 Å². The number of carboxylic acid groups (broad SMARTS) is 1. The minimum absolute atomic E-state index is 0.118. The van der Waals surface area contributed by atoms with Crippen LogP contribution in [0, 0.1) is 35.5 Å². The fourth-order valence-electron chi connectivity index (χ4n) is 4.96. The Hall–Kier alpha value is -2.43. The second-order valence-corrected chi connectivity index (χ2v) is 7.02. The van der Waals surface area contributed by atoms with E-state index in [1.165, 1.54) is 17.0 Å². The Balaban J connectivity index is 1.53. The van der Waals surface area contributed by atoms with Gasteiger partial charge in [-0.25, -0.2) is 4.79 Å². The van der Waals surface area contributed by atoms with Gasteiger partial charge in [-0.2, -0.15) is 0 Å². The van der Waals surface area contributed by atoms with Crippen molar-refractivity contribution >= 4 is 23.5 Å². The maximum absolute atomic E-state index is 12.9. The molecule has 2 bridgehead atoms. The van der Waals surface area contributed by atoms with Crippen molar-refractivity contribution in [3.8, 4) is 0 Å². The highest BCUT2D eigenvalue weighted by Gasteiger charge is 2.67. The lowest BCUT2D eigenvalue weighted by molar-refractivity contribution is -0.124. The molecule has 2 amide bonds. The molecule has 6 atom stereocenters. The summed E-state index contributed by atoms with van der Waals surface area (Å²) in [5, 5.41) is 8.97. The summed E-state index contributed by atoms with van der Waals surface area (Å²) in [5.41, 5.74) is 0.626. The third kappa shape index (κ3) is 1.54. The van der Waals surface area contributed by atoms with E-state index in [4.69, 9.17) is 5.11 Å². The Kier molecular flexibility index (Phi) is 2.33. The average Bonchev–Trinajstić information content (AvgIpc) is 3.32. The second-order valence-electron chi connectivity index (χ2n) is 7.02. The highest BCUT2D eigenvalue weighted by molar-refractivity contribution is 6.22. The molecule has 1 aromatic carbocycles. The molecule has 1 aliphatic heterocycles. The number of hydrogen-bond acceptors (Lipinski definition) is 3. The summed E-state index contributed by atoms with van der Waals surface area (Å²) in [6, 6.07) is 5.97. The molecule has 5 heteroatoms. The van der Waals surface area contributed by atoms with Crippen LogP contribution in [0.1, 0.15) is 16.8 Å². The van der Waals surface area contributed by atoms with Crippen molar-refractivity contribution in [2.75, 3.05) is 4.90 Å². The second kappa shape index (κ2) is 4.10. The maximum atomic E-state index is 12.9. The van der Waals surface area contributed by atoms with E-state index in [9.17, 15) is 14.4 Å². The maximum Gasteiger partial charge on any atom is 0.335 e. The first kappa shape index (κ1) is 13.0. The van der Waals surface area contributed by atoms with Crippen LogP contribution >= 0.6 is 0 Å². The van der Waals surface area contributed by atoms with Gasteiger partial charge in [0.05, 0.1) is 23.1 Å². The predicted molar refractivity (Wildman–Crippen MR) is 80.6 cm³/mol. The van der Waals surface area contributed by atoms with Crippen molar-refractivity contribution in [1.29, 1.82) is 0 Å². The van der Waals surface area contributed by atoms with Gasteiger partial charge in [0.25, 0.3) is 0 Å². The van der Waals surface area contributed by atoms with Crippen molar-refractivity contribution in [1.82, 2.24) is 0 Å². The van der Waals surface area contributed by atoms with Crippen LogP contribution in [0.4, 0.5) is 5.69 Å². The lowest BCUT2D eigenvalue weighted by atomic mass is 9.63. The number of hydrogen-bond donors (Lipinski definition) is 1. The van der Waals surface area contributed by atoms with Crippen LogP contribution < -0.4 is 4.90 Å².